The molecule has 164 valence electrons. The second-order valence-corrected chi connectivity index (χ2v) is 12.1. The van der Waals surface area contributed by atoms with Crippen LogP contribution in [0.3, 0.4) is 0 Å². The molecule has 7 nitrogen and oxygen atoms in total. The van der Waals surface area contributed by atoms with E-state index in [0.29, 0.717) is 31.2 Å². The van der Waals surface area contributed by atoms with E-state index in [-0.39, 0.29) is 23.2 Å². The molecule has 29 heavy (non-hydrogen) atoms. The first kappa shape index (κ1) is 23.0. The molecule has 0 amide bonds. The zero-order valence-electron chi connectivity index (χ0n) is 16.6. The first-order valence-electron chi connectivity index (χ1n) is 10.3. The van der Waals surface area contributed by atoms with Crippen molar-refractivity contribution in [2.24, 2.45) is 0 Å². The van der Waals surface area contributed by atoms with Gasteiger partial charge in [0.15, 0.2) is 0 Å². The van der Waals surface area contributed by atoms with Crippen LogP contribution in [0.2, 0.25) is 5.02 Å². The van der Waals surface area contributed by atoms with Gasteiger partial charge in [0, 0.05) is 43.8 Å². The summed E-state index contributed by atoms with van der Waals surface area (Å²) >= 11 is 5.92. The Morgan fingerprint density at radius 2 is 1.55 bits per heavy atom. The fourth-order valence-corrected chi connectivity index (χ4v) is 7.40. The Balaban J connectivity index is 1.83. The molecular weight excluding hydrogens is 434 g/mol. The summed E-state index contributed by atoms with van der Waals surface area (Å²) < 4.78 is 55.3. The van der Waals surface area contributed by atoms with E-state index < -0.39 is 20.0 Å². The van der Waals surface area contributed by atoms with E-state index >= 15 is 0 Å². The lowest BCUT2D eigenvalue weighted by molar-refractivity contribution is 0.300. The molecule has 0 unspecified atom stereocenters. The summed E-state index contributed by atoms with van der Waals surface area (Å²) in [4.78, 5) is 0.158. The Labute approximate surface area is 179 Å². The van der Waals surface area contributed by atoms with Crippen molar-refractivity contribution in [1.29, 1.82) is 0 Å². The van der Waals surface area contributed by atoms with E-state index in [0.717, 1.165) is 38.5 Å². The Hall–Kier alpha value is -0.710. The van der Waals surface area contributed by atoms with E-state index in [1.54, 1.807) is 12.1 Å². The van der Waals surface area contributed by atoms with Crippen molar-refractivity contribution in [2.45, 2.75) is 49.5 Å². The number of sulfonamides is 2. The number of hydrogen-bond acceptors (Lipinski definition) is 5. The maximum Gasteiger partial charge on any atom is 0.243 e. The molecule has 0 bridgehead atoms. The molecule has 0 atom stereocenters. The van der Waals surface area contributed by atoms with Gasteiger partial charge in [0.1, 0.15) is 0 Å². The molecule has 1 aliphatic carbocycles. The number of rotatable bonds is 7. The second-order valence-electron chi connectivity index (χ2n) is 7.68. The molecule has 1 heterocycles. The second kappa shape index (κ2) is 10.1. The maximum atomic E-state index is 13.4. The molecule has 1 saturated carbocycles. The quantitative estimate of drug-likeness (QED) is 0.627. The highest BCUT2D eigenvalue weighted by atomic mass is 35.5. The summed E-state index contributed by atoms with van der Waals surface area (Å²) in [6.07, 6.45) is 5.62. The molecule has 2 fully saturated rings. The molecule has 0 spiro atoms. The lowest BCUT2D eigenvalue weighted by Gasteiger charge is -2.32. The molecule has 2 aliphatic rings. The molecule has 0 aromatic heterocycles. The molecule has 1 aliphatic heterocycles. The molecule has 1 aromatic rings. The minimum Gasteiger partial charge on any atom is -0.314 e. The van der Waals surface area contributed by atoms with Crippen LogP contribution in [0.5, 0.6) is 0 Å². The van der Waals surface area contributed by atoms with Crippen molar-refractivity contribution in [3.63, 3.8) is 0 Å². The van der Waals surface area contributed by atoms with E-state index in [1.165, 1.54) is 20.7 Å². The monoisotopic (exact) mass is 463 g/mol. The van der Waals surface area contributed by atoms with Crippen LogP contribution >= 0.6 is 11.6 Å². The fourth-order valence-electron chi connectivity index (χ4n) is 4.04. The van der Waals surface area contributed by atoms with Crippen LogP contribution in [0, 0.1) is 0 Å². The van der Waals surface area contributed by atoms with Gasteiger partial charge in [0.25, 0.3) is 0 Å². The largest absolute Gasteiger partial charge is 0.314 e. The van der Waals surface area contributed by atoms with Crippen LogP contribution in [-0.4, -0.2) is 70.0 Å². The highest BCUT2D eigenvalue weighted by Gasteiger charge is 2.34. The number of piperazine rings is 1. The van der Waals surface area contributed by atoms with Crippen molar-refractivity contribution >= 4 is 31.6 Å². The van der Waals surface area contributed by atoms with E-state index in [9.17, 15) is 16.8 Å². The molecule has 0 radical (unpaired) electrons. The van der Waals surface area contributed by atoms with Crippen molar-refractivity contribution < 1.29 is 16.8 Å². The van der Waals surface area contributed by atoms with Crippen LogP contribution in [0.25, 0.3) is 0 Å². The summed E-state index contributed by atoms with van der Waals surface area (Å²) in [5.74, 6) is -0.198. The van der Waals surface area contributed by atoms with Gasteiger partial charge in [0.05, 0.1) is 10.6 Å². The van der Waals surface area contributed by atoms with Gasteiger partial charge in [-0.3, -0.25) is 0 Å². The van der Waals surface area contributed by atoms with Crippen LogP contribution in [0.1, 0.15) is 38.5 Å². The number of nitrogens with zero attached hydrogens (tertiary/aromatic N) is 2. The summed E-state index contributed by atoms with van der Waals surface area (Å²) in [5.41, 5.74) is 0. The molecule has 1 aromatic carbocycles. The lowest BCUT2D eigenvalue weighted by atomic mass is 10.1. The minimum absolute atomic E-state index is 0.0259. The SMILES string of the molecule is O=S(=O)(CCN(C1CCCCCC1)S(=O)(=O)c1ccc(Cl)cc1)N1CCNCC1. The van der Waals surface area contributed by atoms with Gasteiger partial charge in [-0.1, -0.05) is 37.3 Å². The van der Waals surface area contributed by atoms with E-state index in [4.69, 9.17) is 11.6 Å². The van der Waals surface area contributed by atoms with Crippen molar-refractivity contribution in [3.05, 3.63) is 29.3 Å². The average Bonchev–Trinajstić information content (AvgIpc) is 2.98. The predicted octanol–water partition coefficient (Wildman–Crippen LogP) is 2.29. The molecule has 1 saturated heterocycles. The Morgan fingerprint density at radius 3 is 2.14 bits per heavy atom. The Kier molecular flexibility index (Phi) is 7.97. The summed E-state index contributed by atoms with van der Waals surface area (Å²) in [6.45, 7) is 2.07. The summed E-state index contributed by atoms with van der Waals surface area (Å²) in [5, 5.41) is 3.60. The Bertz CT molecular complexity index is 861. The zero-order valence-corrected chi connectivity index (χ0v) is 19.0. The maximum absolute atomic E-state index is 13.4. The van der Waals surface area contributed by atoms with Crippen molar-refractivity contribution in [1.82, 2.24) is 13.9 Å². The predicted molar refractivity (Wildman–Crippen MR) is 115 cm³/mol. The zero-order chi connectivity index (χ0) is 20.9. The molecule has 10 heteroatoms. The normalized spacial score (nSPS) is 20.6. The highest BCUT2D eigenvalue weighted by molar-refractivity contribution is 7.90. The van der Waals surface area contributed by atoms with Crippen LogP contribution < -0.4 is 5.32 Å². The van der Waals surface area contributed by atoms with E-state index in [1.807, 2.05) is 0 Å². The third-order valence-corrected chi connectivity index (χ3v) is 9.76. The van der Waals surface area contributed by atoms with Crippen LogP contribution in [-0.2, 0) is 20.0 Å². The molecular formula is C19H30ClN3O4S2. The number of halogens is 1. The number of hydrogen-bond donors (Lipinski definition) is 1. The van der Waals surface area contributed by atoms with Gasteiger partial charge in [-0.15, -0.1) is 0 Å². The van der Waals surface area contributed by atoms with Gasteiger partial charge in [-0.05, 0) is 37.1 Å². The van der Waals surface area contributed by atoms with Crippen LogP contribution in [0.15, 0.2) is 29.2 Å². The fraction of sp³-hybridized carbons (Fsp3) is 0.684. The highest BCUT2D eigenvalue weighted by Crippen LogP contribution is 2.28. The lowest BCUT2D eigenvalue weighted by Crippen LogP contribution is -2.49. The Morgan fingerprint density at radius 1 is 0.966 bits per heavy atom. The van der Waals surface area contributed by atoms with Gasteiger partial charge in [0.2, 0.25) is 20.0 Å². The topological polar surface area (TPSA) is 86.8 Å². The third kappa shape index (κ3) is 5.92. The molecule has 3 rings (SSSR count). The number of benzene rings is 1. The smallest absolute Gasteiger partial charge is 0.243 e. The number of nitrogens with one attached hydrogen (secondary N) is 1. The average molecular weight is 464 g/mol. The van der Waals surface area contributed by atoms with Gasteiger partial charge < -0.3 is 5.32 Å². The van der Waals surface area contributed by atoms with Crippen LogP contribution in [0.4, 0.5) is 0 Å². The van der Waals surface area contributed by atoms with Gasteiger partial charge in [-0.2, -0.15) is 8.61 Å². The van der Waals surface area contributed by atoms with Crippen molar-refractivity contribution in [2.75, 3.05) is 38.5 Å². The standard InChI is InChI=1S/C19H30ClN3O4S2/c20-17-7-9-19(10-8-17)29(26,27)23(18-5-3-1-2-4-6-18)15-16-28(24,25)22-13-11-21-12-14-22/h7-10,18,21H,1-6,11-16H2. The van der Waals surface area contributed by atoms with E-state index in [2.05, 4.69) is 5.32 Å². The molecule has 1 N–H and O–H groups in total. The first-order valence-corrected chi connectivity index (χ1v) is 13.7. The first-order chi connectivity index (χ1) is 13.8. The third-order valence-electron chi connectivity index (χ3n) is 5.69. The minimum atomic E-state index is -3.81. The van der Waals surface area contributed by atoms with Gasteiger partial charge >= 0.3 is 0 Å². The van der Waals surface area contributed by atoms with Crippen molar-refractivity contribution in [3.8, 4) is 0 Å². The summed E-state index contributed by atoms with van der Waals surface area (Å²) in [7, 11) is -7.32. The summed E-state index contributed by atoms with van der Waals surface area (Å²) in [6, 6.07) is 5.92. The van der Waals surface area contributed by atoms with Gasteiger partial charge in [-0.25, -0.2) is 16.8 Å².